The maximum atomic E-state index is 15.3. The largest absolute Gasteiger partial charge is 0.490 e. The Morgan fingerprint density at radius 3 is 2.65 bits per heavy atom. The van der Waals surface area contributed by atoms with Gasteiger partial charge in [-0.05, 0) is 61.6 Å². The number of nitrogens with zero attached hydrogens (tertiary/aromatic N) is 4. The highest BCUT2D eigenvalue weighted by molar-refractivity contribution is 5.72. The molecule has 5 rings (SSSR count). The third-order valence-electron chi connectivity index (χ3n) is 6.22. The molecule has 2 aliphatic carbocycles. The van der Waals surface area contributed by atoms with Crippen LogP contribution in [0.3, 0.4) is 0 Å². The van der Waals surface area contributed by atoms with Crippen molar-refractivity contribution in [3.63, 3.8) is 0 Å². The van der Waals surface area contributed by atoms with Crippen LogP contribution >= 0.6 is 0 Å². The lowest BCUT2D eigenvalue weighted by atomic mass is 9.95. The van der Waals surface area contributed by atoms with Gasteiger partial charge in [-0.25, -0.2) is 14.4 Å². The molecule has 2 saturated carbocycles. The number of benzene rings is 1. The summed E-state index contributed by atoms with van der Waals surface area (Å²) in [6.45, 7) is 2.16. The van der Waals surface area contributed by atoms with Crippen LogP contribution in [0.1, 0.15) is 56.7 Å². The van der Waals surface area contributed by atoms with Crippen molar-refractivity contribution >= 4 is 11.6 Å². The average molecular weight is 418 g/mol. The summed E-state index contributed by atoms with van der Waals surface area (Å²) in [7, 11) is 0. The van der Waals surface area contributed by atoms with Crippen molar-refractivity contribution in [2.75, 3.05) is 5.32 Å². The third kappa shape index (κ3) is 3.96. The Morgan fingerprint density at radius 1 is 1.16 bits per heavy atom. The molecule has 8 heteroatoms. The molecule has 1 aromatic carbocycles. The van der Waals surface area contributed by atoms with Gasteiger partial charge in [-0.3, -0.25) is 5.10 Å². The summed E-state index contributed by atoms with van der Waals surface area (Å²) in [6.07, 6.45) is 9.36. The predicted octanol–water partition coefficient (Wildman–Crippen LogP) is 4.99. The maximum Gasteiger partial charge on any atom is 0.158 e. The standard InChI is InChI=1S/C23H23FN6O/c1-23(6-7-23)14-8-17(24)22(19(9-14)31-16-4-2-3-5-16)18-10-20(30-29-18)28-21-13-26-15(11-25)12-27-21/h8-10,12-13,16H,2-7H2,1H3,(H2,27,28,29,30). The van der Waals surface area contributed by atoms with Crippen LogP contribution in [0.5, 0.6) is 5.75 Å². The molecule has 0 bridgehead atoms. The molecular weight excluding hydrogens is 395 g/mol. The van der Waals surface area contributed by atoms with Crippen molar-refractivity contribution in [1.82, 2.24) is 20.2 Å². The van der Waals surface area contributed by atoms with Crippen molar-refractivity contribution in [3.8, 4) is 23.1 Å². The zero-order valence-electron chi connectivity index (χ0n) is 17.3. The van der Waals surface area contributed by atoms with Crippen LogP contribution in [0, 0.1) is 17.1 Å². The Kier molecular flexibility index (Phi) is 4.81. The fraction of sp³-hybridized carbons (Fsp3) is 0.391. The molecule has 0 radical (unpaired) electrons. The van der Waals surface area contributed by atoms with Gasteiger partial charge < -0.3 is 10.1 Å². The van der Waals surface area contributed by atoms with E-state index in [1.165, 1.54) is 12.4 Å². The predicted molar refractivity (Wildman–Crippen MR) is 113 cm³/mol. The summed E-state index contributed by atoms with van der Waals surface area (Å²) in [5.41, 5.74) is 2.19. The average Bonchev–Trinajstić information content (AvgIpc) is 3.14. The van der Waals surface area contributed by atoms with Crippen LogP contribution < -0.4 is 10.1 Å². The van der Waals surface area contributed by atoms with E-state index < -0.39 is 0 Å². The molecule has 0 aliphatic heterocycles. The molecule has 2 aliphatic rings. The molecule has 7 nitrogen and oxygen atoms in total. The molecule has 0 spiro atoms. The number of ether oxygens (including phenoxy) is 1. The summed E-state index contributed by atoms with van der Waals surface area (Å²) in [6, 6.07) is 7.28. The Morgan fingerprint density at radius 2 is 1.97 bits per heavy atom. The number of hydrogen-bond donors (Lipinski definition) is 2. The summed E-state index contributed by atoms with van der Waals surface area (Å²) in [5.74, 6) is 1.17. The number of halogens is 1. The molecule has 3 aromatic rings. The van der Waals surface area contributed by atoms with E-state index >= 15 is 4.39 Å². The first-order valence-electron chi connectivity index (χ1n) is 10.6. The number of aromatic amines is 1. The van der Waals surface area contributed by atoms with Crippen molar-refractivity contribution in [2.24, 2.45) is 0 Å². The van der Waals surface area contributed by atoms with E-state index in [0.717, 1.165) is 44.1 Å². The van der Waals surface area contributed by atoms with E-state index in [9.17, 15) is 0 Å². The topological polar surface area (TPSA) is 99.5 Å². The number of hydrogen-bond acceptors (Lipinski definition) is 6. The molecule has 0 saturated heterocycles. The first-order valence-corrected chi connectivity index (χ1v) is 10.6. The highest BCUT2D eigenvalue weighted by Crippen LogP contribution is 2.50. The van der Waals surface area contributed by atoms with Gasteiger partial charge >= 0.3 is 0 Å². The Balaban J connectivity index is 1.46. The Bertz CT molecular complexity index is 1140. The summed E-state index contributed by atoms with van der Waals surface area (Å²) >= 11 is 0. The van der Waals surface area contributed by atoms with E-state index in [4.69, 9.17) is 10.00 Å². The molecule has 31 heavy (non-hydrogen) atoms. The molecule has 0 unspecified atom stereocenters. The molecular formula is C23H23FN6O. The number of aromatic nitrogens is 4. The number of nitriles is 1. The molecule has 0 atom stereocenters. The van der Waals surface area contributed by atoms with Gasteiger partial charge in [-0.1, -0.05) is 6.92 Å². The fourth-order valence-electron chi connectivity index (χ4n) is 4.04. The SMILES string of the molecule is CC1(c2cc(F)c(-c3cc(Nc4cnc(C#N)cn4)n[nH]3)c(OC3CCCC3)c2)CC1. The van der Waals surface area contributed by atoms with Gasteiger partial charge in [0.2, 0.25) is 0 Å². The van der Waals surface area contributed by atoms with Crippen molar-refractivity contribution in [2.45, 2.75) is 57.0 Å². The quantitative estimate of drug-likeness (QED) is 0.585. The van der Waals surface area contributed by atoms with E-state index in [-0.39, 0.29) is 23.0 Å². The lowest BCUT2D eigenvalue weighted by Gasteiger charge is -2.19. The van der Waals surface area contributed by atoms with Crippen LogP contribution in [-0.4, -0.2) is 26.3 Å². The molecule has 2 aromatic heterocycles. The number of nitrogens with one attached hydrogen (secondary N) is 2. The zero-order chi connectivity index (χ0) is 21.4. The van der Waals surface area contributed by atoms with E-state index in [2.05, 4.69) is 32.4 Å². The first kappa shape index (κ1) is 19.5. The second kappa shape index (κ2) is 7.65. The number of H-pyrrole nitrogens is 1. The van der Waals surface area contributed by atoms with Gasteiger partial charge in [0.05, 0.1) is 29.8 Å². The van der Waals surface area contributed by atoms with Gasteiger partial charge in [0, 0.05) is 6.07 Å². The normalized spacial score (nSPS) is 17.3. The second-order valence-electron chi connectivity index (χ2n) is 8.61. The minimum Gasteiger partial charge on any atom is -0.490 e. The lowest BCUT2D eigenvalue weighted by Crippen LogP contribution is -2.13. The van der Waals surface area contributed by atoms with E-state index in [1.54, 1.807) is 12.1 Å². The minimum atomic E-state index is -0.313. The van der Waals surface area contributed by atoms with Gasteiger partial charge in [-0.2, -0.15) is 10.4 Å². The summed E-state index contributed by atoms with van der Waals surface area (Å²) < 4.78 is 21.6. The van der Waals surface area contributed by atoms with Crippen molar-refractivity contribution < 1.29 is 9.13 Å². The van der Waals surface area contributed by atoms with Gasteiger partial charge in [0.1, 0.15) is 23.5 Å². The van der Waals surface area contributed by atoms with E-state index in [0.29, 0.717) is 28.6 Å². The second-order valence-corrected chi connectivity index (χ2v) is 8.61. The van der Waals surface area contributed by atoms with Crippen LogP contribution in [0.2, 0.25) is 0 Å². The lowest BCUT2D eigenvalue weighted by molar-refractivity contribution is 0.210. The Hall–Kier alpha value is -3.47. The molecule has 2 N–H and O–H groups in total. The number of anilines is 2. The maximum absolute atomic E-state index is 15.3. The minimum absolute atomic E-state index is 0.0438. The molecule has 0 amide bonds. The van der Waals surface area contributed by atoms with Crippen molar-refractivity contribution in [3.05, 3.63) is 47.7 Å². The van der Waals surface area contributed by atoms with Crippen LogP contribution in [0.15, 0.2) is 30.6 Å². The van der Waals surface area contributed by atoms with Crippen LogP contribution in [0.4, 0.5) is 16.0 Å². The Labute approximate surface area is 179 Å². The zero-order valence-corrected chi connectivity index (χ0v) is 17.3. The first-order chi connectivity index (χ1) is 15.0. The fourth-order valence-corrected chi connectivity index (χ4v) is 4.04. The number of rotatable bonds is 6. The van der Waals surface area contributed by atoms with Crippen LogP contribution in [0.25, 0.3) is 11.3 Å². The van der Waals surface area contributed by atoms with Gasteiger partial charge in [0.25, 0.3) is 0 Å². The highest BCUT2D eigenvalue weighted by Gasteiger charge is 2.40. The third-order valence-corrected chi connectivity index (χ3v) is 6.22. The van der Waals surface area contributed by atoms with E-state index in [1.807, 2.05) is 12.1 Å². The monoisotopic (exact) mass is 418 g/mol. The summed E-state index contributed by atoms with van der Waals surface area (Å²) in [4.78, 5) is 8.11. The molecule has 2 heterocycles. The van der Waals surface area contributed by atoms with Crippen molar-refractivity contribution in [1.29, 1.82) is 5.26 Å². The van der Waals surface area contributed by atoms with Gasteiger partial charge in [-0.15, -0.1) is 0 Å². The van der Waals surface area contributed by atoms with Crippen LogP contribution in [-0.2, 0) is 5.41 Å². The molecule has 158 valence electrons. The summed E-state index contributed by atoms with van der Waals surface area (Å²) in [5, 5.41) is 19.0. The highest BCUT2D eigenvalue weighted by atomic mass is 19.1. The van der Waals surface area contributed by atoms with Gasteiger partial charge in [0.15, 0.2) is 11.5 Å². The molecule has 2 fully saturated rings. The smallest absolute Gasteiger partial charge is 0.158 e.